The molecular formula is C13H10Br2N2S. The minimum Gasteiger partial charge on any atom is -0.384 e. The molecule has 2 rings (SSSR count). The Balaban J connectivity index is 1.92. The van der Waals surface area contributed by atoms with Gasteiger partial charge in [-0.25, -0.2) is 0 Å². The number of nitrogens with zero attached hydrogens (tertiary/aromatic N) is 1. The van der Waals surface area contributed by atoms with E-state index in [9.17, 15) is 0 Å². The van der Waals surface area contributed by atoms with Gasteiger partial charge in [0, 0.05) is 21.6 Å². The van der Waals surface area contributed by atoms with E-state index in [1.807, 2.05) is 18.2 Å². The Labute approximate surface area is 127 Å². The van der Waals surface area contributed by atoms with Crippen LogP contribution < -0.4 is 5.32 Å². The van der Waals surface area contributed by atoms with Crippen LogP contribution in [-0.4, -0.2) is 6.54 Å². The Morgan fingerprint density at radius 1 is 1.22 bits per heavy atom. The van der Waals surface area contributed by atoms with Crippen molar-refractivity contribution in [1.29, 1.82) is 5.26 Å². The van der Waals surface area contributed by atoms with Crippen molar-refractivity contribution in [3.63, 3.8) is 0 Å². The van der Waals surface area contributed by atoms with Gasteiger partial charge >= 0.3 is 0 Å². The zero-order valence-corrected chi connectivity index (χ0v) is 13.4. The highest BCUT2D eigenvalue weighted by Crippen LogP contribution is 2.25. The summed E-state index contributed by atoms with van der Waals surface area (Å²) in [5.41, 5.74) is 1.68. The summed E-state index contributed by atoms with van der Waals surface area (Å²) in [4.78, 5) is 1.35. The first-order chi connectivity index (χ1) is 8.69. The Morgan fingerprint density at radius 2 is 2.06 bits per heavy atom. The third kappa shape index (κ3) is 3.58. The van der Waals surface area contributed by atoms with Crippen molar-refractivity contribution in [1.82, 2.24) is 0 Å². The molecule has 2 aromatic rings. The highest BCUT2D eigenvalue weighted by atomic mass is 79.9. The van der Waals surface area contributed by atoms with Gasteiger partial charge in [0.25, 0.3) is 0 Å². The second-order valence-electron chi connectivity index (χ2n) is 3.69. The van der Waals surface area contributed by atoms with Crippen LogP contribution in [-0.2, 0) is 6.42 Å². The van der Waals surface area contributed by atoms with Crippen LogP contribution in [0.4, 0.5) is 5.69 Å². The van der Waals surface area contributed by atoms with Gasteiger partial charge in [-0.3, -0.25) is 0 Å². The maximum absolute atomic E-state index is 8.79. The van der Waals surface area contributed by atoms with Crippen molar-refractivity contribution in [2.24, 2.45) is 0 Å². The highest BCUT2D eigenvalue weighted by Gasteiger charge is 2.02. The van der Waals surface area contributed by atoms with Gasteiger partial charge in [-0.15, -0.1) is 11.3 Å². The van der Waals surface area contributed by atoms with Gasteiger partial charge in [-0.05, 0) is 68.6 Å². The summed E-state index contributed by atoms with van der Waals surface area (Å²) in [6, 6.07) is 11.9. The van der Waals surface area contributed by atoms with E-state index in [-0.39, 0.29) is 0 Å². The molecule has 5 heteroatoms. The van der Waals surface area contributed by atoms with E-state index in [4.69, 9.17) is 5.26 Å². The van der Waals surface area contributed by atoms with Crippen LogP contribution in [0.15, 0.2) is 38.6 Å². The lowest BCUT2D eigenvalue weighted by Crippen LogP contribution is -2.04. The molecular weight excluding hydrogens is 376 g/mol. The quantitative estimate of drug-likeness (QED) is 0.820. The van der Waals surface area contributed by atoms with Crippen LogP contribution in [0.3, 0.4) is 0 Å². The van der Waals surface area contributed by atoms with Crippen LogP contribution in [0, 0.1) is 11.3 Å². The zero-order valence-electron chi connectivity index (χ0n) is 9.41. The average Bonchev–Trinajstić information content (AvgIpc) is 2.77. The molecule has 18 heavy (non-hydrogen) atoms. The summed E-state index contributed by atoms with van der Waals surface area (Å²) in [5, 5.41) is 12.1. The largest absolute Gasteiger partial charge is 0.384 e. The third-order valence-electron chi connectivity index (χ3n) is 2.41. The van der Waals surface area contributed by atoms with Crippen molar-refractivity contribution in [3.05, 3.63) is 49.0 Å². The summed E-state index contributed by atoms with van der Waals surface area (Å²) < 4.78 is 2.09. The molecule has 0 spiro atoms. The van der Waals surface area contributed by atoms with Crippen molar-refractivity contribution in [3.8, 4) is 6.07 Å². The van der Waals surface area contributed by atoms with Gasteiger partial charge < -0.3 is 5.32 Å². The number of rotatable bonds is 4. The maximum Gasteiger partial charge on any atom is 0.0992 e. The molecule has 0 aliphatic rings. The Kier molecular flexibility index (Phi) is 4.81. The minimum atomic E-state index is 0.662. The Bertz CT molecular complexity index is 587. The molecule has 1 heterocycles. The number of thiophene rings is 1. The van der Waals surface area contributed by atoms with Crippen LogP contribution in [0.1, 0.15) is 10.4 Å². The maximum atomic E-state index is 8.79. The predicted molar refractivity (Wildman–Crippen MR) is 83.1 cm³/mol. The number of hydrogen-bond donors (Lipinski definition) is 1. The molecule has 0 atom stereocenters. The average molecular weight is 386 g/mol. The van der Waals surface area contributed by atoms with Crippen LogP contribution in [0.25, 0.3) is 0 Å². The number of halogens is 2. The van der Waals surface area contributed by atoms with Gasteiger partial charge in [0.2, 0.25) is 0 Å². The van der Waals surface area contributed by atoms with Crippen LogP contribution >= 0.6 is 43.2 Å². The summed E-state index contributed by atoms with van der Waals surface area (Å²) in [6.45, 7) is 0.872. The SMILES string of the molecule is N#Cc1ccc(NCCc2ccc(Br)s2)c(Br)c1. The lowest BCUT2D eigenvalue weighted by molar-refractivity contribution is 1.04. The summed E-state index contributed by atoms with van der Waals surface area (Å²) in [5.74, 6) is 0. The van der Waals surface area contributed by atoms with Crippen molar-refractivity contribution in [2.45, 2.75) is 6.42 Å². The first-order valence-electron chi connectivity index (χ1n) is 5.37. The summed E-state index contributed by atoms with van der Waals surface area (Å²) in [7, 11) is 0. The van der Waals surface area contributed by atoms with E-state index < -0.39 is 0 Å². The number of nitrogens with one attached hydrogen (secondary N) is 1. The van der Waals surface area contributed by atoms with Gasteiger partial charge in [0.05, 0.1) is 15.4 Å². The molecule has 0 bridgehead atoms. The highest BCUT2D eigenvalue weighted by molar-refractivity contribution is 9.11. The van der Waals surface area contributed by atoms with Gasteiger partial charge in [0.15, 0.2) is 0 Å². The molecule has 1 aromatic carbocycles. The number of hydrogen-bond acceptors (Lipinski definition) is 3. The van der Waals surface area contributed by atoms with E-state index >= 15 is 0 Å². The fraction of sp³-hybridized carbons (Fsp3) is 0.154. The Hall–Kier alpha value is -0.830. The normalized spacial score (nSPS) is 10.1. The van der Waals surface area contributed by atoms with E-state index in [1.165, 1.54) is 4.88 Å². The van der Waals surface area contributed by atoms with Crippen molar-refractivity contribution in [2.75, 3.05) is 11.9 Å². The van der Waals surface area contributed by atoms with Gasteiger partial charge in [-0.1, -0.05) is 0 Å². The number of nitriles is 1. The first kappa shape index (κ1) is 13.6. The fourth-order valence-electron chi connectivity index (χ4n) is 1.53. The fourth-order valence-corrected chi connectivity index (χ4v) is 3.54. The van der Waals surface area contributed by atoms with Crippen LogP contribution in [0.5, 0.6) is 0 Å². The van der Waals surface area contributed by atoms with E-state index in [1.54, 1.807) is 11.3 Å². The Morgan fingerprint density at radius 3 is 2.67 bits per heavy atom. The molecule has 0 saturated carbocycles. The molecule has 0 fully saturated rings. The second kappa shape index (κ2) is 6.37. The molecule has 0 unspecified atom stereocenters. The van der Waals surface area contributed by atoms with Crippen molar-refractivity contribution < 1.29 is 0 Å². The smallest absolute Gasteiger partial charge is 0.0992 e. The lowest BCUT2D eigenvalue weighted by atomic mass is 10.2. The lowest BCUT2D eigenvalue weighted by Gasteiger charge is -2.07. The monoisotopic (exact) mass is 384 g/mol. The number of anilines is 1. The van der Waals surface area contributed by atoms with E-state index in [0.29, 0.717) is 5.56 Å². The standard InChI is InChI=1S/C13H10Br2N2S/c14-11-7-9(8-16)1-3-12(11)17-6-5-10-2-4-13(15)18-10/h1-4,7,17H,5-6H2. The van der Waals surface area contributed by atoms with E-state index in [0.717, 1.165) is 26.9 Å². The molecule has 1 N–H and O–H groups in total. The van der Waals surface area contributed by atoms with Crippen LogP contribution in [0.2, 0.25) is 0 Å². The third-order valence-corrected chi connectivity index (χ3v) is 4.75. The summed E-state index contributed by atoms with van der Waals surface area (Å²) >= 11 is 8.67. The minimum absolute atomic E-state index is 0.662. The molecule has 0 radical (unpaired) electrons. The number of benzene rings is 1. The molecule has 1 aromatic heterocycles. The predicted octanol–water partition coefficient (Wildman–Crippen LogP) is 4.80. The molecule has 2 nitrogen and oxygen atoms in total. The molecule has 0 aliphatic carbocycles. The first-order valence-corrected chi connectivity index (χ1v) is 7.77. The molecule has 92 valence electrons. The molecule has 0 saturated heterocycles. The zero-order chi connectivity index (χ0) is 13.0. The molecule has 0 aliphatic heterocycles. The second-order valence-corrected chi connectivity index (χ2v) is 7.09. The molecule has 0 amide bonds. The van der Waals surface area contributed by atoms with Crippen molar-refractivity contribution >= 4 is 48.9 Å². The van der Waals surface area contributed by atoms with Gasteiger partial charge in [0.1, 0.15) is 0 Å². The topological polar surface area (TPSA) is 35.8 Å². The van der Waals surface area contributed by atoms with E-state index in [2.05, 4.69) is 55.4 Å². The van der Waals surface area contributed by atoms with Gasteiger partial charge in [-0.2, -0.15) is 5.26 Å². The summed E-state index contributed by atoms with van der Waals surface area (Å²) in [6.07, 6.45) is 0.989.